The van der Waals surface area contributed by atoms with E-state index in [4.69, 9.17) is 0 Å². The second-order valence-corrected chi connectivity index (χ2v) is 11.2. The third-order valence-electron chi connectivity index (χ3n) is 7.48. The van der Waals surface area contributed by atoms with E-state index in [2.05, 4.69) is 158 Å². The zero-order valence-electron chi connectivity index (χ0n) is 26.5. The van der Waals surface area contributed by atoms with Gasteiger partial charge in [0.15, 0.2) is 0 Å². The van der Waals surface area contributed by atoms with Gasteiger partial charge in [0.2, 0.25) is 0 Å². The normalized spacial score (nSPS) is 10.4. The molecule has 0 aliphatic heterocycles. The molecule has 2 heteroatoms. The van der Waals surface area contributed by atoms with Gasteiger partial charge in [0.05, 0.1) is 0 Å². The SMILES string of the molecule is Cc1cc2c(-c3ccccc3)cc(C(C)C)cc2[cH-]1.Cc1cc2c(-c3ccccc3)cc(C(C)C)cc2[cH-]1.[CH3-].[CH3-].[Si]=[Zr]. The van der Waals surface area contributed by atoms with E-state index in [9.17, 15) is 0 Å². The molecule has 0 saturated carbocycles. The van der Waals surface area contributed by atoms with Gasteiger partial charge in [0.1, 0.15) is 0 Å². The Morgan fingerprint density at radius 2 is 0.857 bits per heavy atom. The third-order valence-corrected chi connectivity index (χ3v) is 7.48. The first kappa shape index (κ1) is 35.4. The summed E-state index contributed by atoms with van der Waals surface area (Å²) in [6, 6.07) is 39.9. The van der Waals surface area contributed by atoms with E-state index < -0.39 is 0 Å². The van der Waals surface area contributed by atoms with Gasteiger partial charge in [0.25, 0.3) is 0 Å². The summed E-state index contributed by atoms with van der Waals surface area (Å²) in [4.78, 5) is 0. The topological polar surface area (TPSA) is 0 Å². The van der Waals surface area contributed by atoms with Crippen LogP contribution < -0.4 is 0 Å². The van der Waals surface area contributed by atoms with E-state index in [1.807, 2.05) is 0 Å². The van der Waals surface area contributed by atoms with Crippen LogP contribution >= 0.6 is 0 Å². The van der Waals surface area contributed by atoms with Crippen LogP contribution in [0.3, 0.4) is 0 Å². The molecule has 0 amide bonds. The van der Waals surface area contributed by atoms with Crippen molar-refractivity contribution in [2.24, 2.45) is 0 Å². The van der Waals surface area contributed by atoms with Gasteiger partial charge in [-0.05, 0) is 23.0 Å². The van der Waals surface area contributed by atoms with Crippen molar-refractivity contribution in [1.29, 1.82) is 0 Å². The van der Waals surface area contributed by atoms with Crippen molar-refractivity contribution in [1.82, 2.24) is 0 Å². The second-order valence-electron chi connectivity index (χ2n) is 11.2. The Labute approximate surface area is 272 Å². The van der Waals surface area contributed by atoms with Gasteiger partial charge in [0, 0.05) is 0 Å². The van der Waals surface area contributed by atoms with Crippen molar-refractivity contribution in [2.75, 3.05) is 0 Å². The molecule has 0 aliphatic rings. The fraction of sp³-hybridized carbons (Fsp3) is 0.200. The van der Waals surface area contributed by atoms with Crippen LogP contribution in [0, 0.1) is 28.7 Å². The summed E-state index contributed by atoms with van der Waals surface area (Å²) >= 11 is 1.36. The van der Waals surface area contributed by atoms with E-state index in [1.165, 1.54) is 89.4 Å². The first-order valence-electron chi connectivity index (χ1n) is 14.1. The molecule has 0 spiro atoms. The monoisotopic (exact) mass is 642 g/mol. The van der Waals surface area contributed by atoms with Crippen molar-refractivity contribution in [3.63, 3.8) is 0 Å². The molecule has 0 heterocycles. The van der Waals surface area contributed by atoms with Gasteiger partial charge in [-0.2, -0.15) is 12.1 Å². The molecule has 6 rings (SSSR count). The van der Waals surface area contributed by atoms with Crippen LogP contribution in [0.15, 0.2) is 109 Å². The van der Waals surface area contributed by atoms with Gasteiger partial charge in [-0.15, -0.1) is 56.9 Å². The quantitative estimate of drug-likeness (QED) is 0.132. The van der Waals surface area contributed by atoms with E-state index >= 15 is 0 Å². The molecular weight excluding hydrogens is 600 g/mol. The average Bonchev–Trinajstić information content (AvgIpc) is 3.54. The summed E-state index contributed by atoms with van der Waals surface area (Å²) in [6.07, 6.45) is 0. The van der Waals surface area contributed by atoms with E-state index in [-0.39, 0.29) is 14.9 Å². The number of hydrogen-bond donors (Lipinski definition) is 0. The van der Waals surface area contributed by atoms with Crippen LogP contribution in [-0.4, -0.2) is 6.88 Å². The van der Waals surface area contributed by atoms with Crippen LogP contribution in [0.25, 0.3) is 43.8 Å². The Morgan fingerprint density at radius 3 is 1.17 bits per heavy atom. The second kappa shape index (κ2) is 16.2. The molecule has 0 unspecified atom stereocenters. The molecule has 6 aromatic rings. The van der Waals surface area contributed by atoms with Crippen molar-refractivity contribution in [2.45, 2.75) is 53.4 Å². The molecular formula is C40H44SiZr-4. The minimum absolute atomic E-state index is 0. The van der Waals surface area contributed by atoms with Crippen molar-refractivity contribution in [3.05, 3.63) is 146 Å². The first-order valence-corrected chi connectivity index (χ1v) is 18.3. The summed E-state index contributed by atoms with van der Waals surface area (Å²) in [5.74, 6) is 1.11. The van der Waals surface area contributed by atoms with Crippen molar-refractivity contribution < 1.29 is 23.3 Å². The Morgan fingerprint density at radius 1 is 0.524 bits per heavy atom. The van der Waals surface area contributed by atoms with Crippen molar-refractivity contribution >= 4 is 28.4 Å². The van der Waals surface area contributed by atoms with E-state index in [0.717, 1.165) is 0 Å². The fourth-order valence-corrected chi connectivity index (χ4v) is 5.37. The maximum atomic E-state index is 3.06. The molecule has 6 aromatic carbocycles. The maximum absolute atomic E-state index is 3.06. The average molecular weight is 644 g/mol. The number of hydrogen-bond acceptors (Lipinski definition) is 0. The van der Waals surface area contributed by atoms with Gasteiger partial charge in [-0.1, -0.05) is 137 Å². The van der Waals surface area contributed by atoms with Gasteiger partial charge >= 0.3 is 30.2 Å². The Bertz CT molecular complexity index is 1560. The summed E-state index contributed by atoms with van der Waals surface area (Å²) in [7, 11) is 0. The van der Waals surface area contributed by atoms with E-state index in [0.29, 0.717) is 11.8 Å². The summed E-state index contributed by atoms with van der Waals surface area (Å²) in [6.45, 7) is 16.4. The van der Waals surface area contributed by atoms with Crippen LogP contribution in [0.4, 0.5) is 0 Å². The van der Waals surface area contributed by atoms with Crippen LogP contribution in [0.1, 0.15) is 61.8 Å². The third kappa shape index (κ3) is 8.18. The summed E-state index contributed by atoms with van der Waals surface area (Å²) in [5.41, 5.74) is 10.8. The number of rotatable bonds is 4. The number of aryl methyl sites for hydroxylation is 2. The standard InChI is InChI=1S/2C19H19.2CH3.Si.Zr/c2*1-13(2)16-11-17-9-14(3)10-18(17)19(12-16)15-7-5-4-6-8-15;;;;/h2*4-13H,1-3H3;2*1H3;;/q4*-1;;. The Hall–Kier alpha value is -2.80. The Balaban J connectivity index is 0.000000265. The molecule has 2 radical (unpaired) electrons. The molecule has 0 fully saturated rings. The molecule has 0 saturated heterocycles. The van der Waals surface area contributed by atoms with E-state index in [1.54, 1.807) is 0 Å². The van der Waals surface area contributed by atoms with Gasteiger partial charge in [-0.25, -0.2) is 0 Å². The molecule has 0 aromatic heterocycles. The molecule has 0 N–H and O–H groups in total. The molecule has 0 bridgehead atoms. The van der Waals surface area contributed by atoms with Crippen LogP contribution in [0.5, 0.6) is 0 Å². The zero-order chi connectivity index (χ0) is 28.8. The summed E-state index contributed by atoms with van der Waals surface area (Å²) in [5, 5.41) is 5.46. The Kier molecular flexibility index (Phi) is 13.6. The predicted molar refractivity (Wildman–Crippen MR) is 186 cm³/mol. The zero-order valence-corrected chi connectivity index (χ0v) is 30.0. The minimum atomic E-state index is 0. The molecule has 216 valence electrons. The number of fused-ring (bicyclic) bond motifs is 2. The summed E-state index contributed by atoms with van der Waals surface area (Å²) < 4.78 is 0. The van der Waals surface area contributed by atoms with Gasteiger partial charge in [-0.3, -0.25) is 0 Å². The molecule has 0 atom stereocenters. The predicted octanol–water partition coefficient (Wildman–Crippen LogP) is 11.8. The van der Waals surface area contributed by atoms with Crippen molar-refractivity contribution in [3.8, 4) is 22.3 Å². The molecule has 0 aliphatic carbocycles. The van der Waals surface area contributed by atoms with Crippen LogP contribution in [-0.2, 0) is 23.3 Å². The molecule has 0 nitrogen and oxygen atoms in total. The molecule has 42 heavy (non-hydrogen) atoms. The first-order chi connectivity index (χ1) is 19.3. The number of benzene rings is 4. The fourth-order valence-electron chi connectivity index (χ4n) is 5.37. The van der Waals surface area contributed by atoms with Crippen LogP contribution in [0.2, 0.25) is 0 Å². The van der Waals surface area contributed by atoms with Gasteiger partial charge < -0.3 is 14.9 Å².